The fourth-order valence-corrected chi connectivity index (χ4v) is 1.73. The molecule has 0 heterocycles. The van der Waals surface area contributed by atoms with Crippen LogP contribution in [0, 0.1) is 5.41 Å². The molecule has 54 valence electrons. The van der Waals surface area contributed by atoms with E-state index in [9.17, 15) is 4.79 Å². The van der Waals surface area contributed by atoms with Gasteiger partial charge in [0.05, 0.1) is 0 Å². The molecule has 0 aromatic heterocycles. The van der Waals surface area contributed by atoms with Gasteiger partial charge in [0.2, 0.25) is 4.69 Å². The van der Waals surface area contributed by atoms with Gasteiger partial charge in [-0.15, -0.1) is 0 Å². The molecule has 1 unspecified atom stereocenters. The van der Waals surface area contributed by atoms with Crippen molar-refractivity contribution in [3.63, 3.8) is 0 Å². The van der Waals surface area contributed by atoms with Gasteiger partial charge in [-0.1, -0.05) is 29.8 Å². The summed E-state index contributed by atoms with van der Waals surface area (Å²) < 4.78 is 0.0781. The van der Waals surface area contributed by atoms with Crippen LogP contribution in [-0.4, -0.2) is 10.0 Å². The summed E-state index contributed by atoms with van der Waals surface area (Å²) in [4.78, 5) is 10.8. The van der Waals surface area contributed by atoms with Crippen molar-refractivity contribution in [2.75, 3.05) is 5.33 Å². The molecule has 0 spiro atoms. The van der Waals surface area contributed by atoms with Crippen LogP contribution >= 0.6 is 31.9 Å². The maximum absolute atomic E-state index is 10.8. The molecule has 1 nitrogen and oxygen atoms in total. The maximum Gasteiger partial charge on any atom is 0.204 e. The van der Waals surface area contributed by atoms with Gasteiger partial charge in [0, 0.05) is 10.7 Å². The summed E-state index contributed by atoms with van der Waals surface area (Å²) in [6.07, 6.45) is 0.863. The first-order chi connectivity index (χ1) is 4.06. The maximum atomic E-state index is 10.8. The lowest BCUT2D eigenvalue weighted by molar-refractivity contribution is -0.117. The number of halogens is 2. The second-order valence-corrected chi connectivity index (χ2v) is 3.60. The van der Waals surface area contributed by atoms with Gasteiger partial charge in [-0.3, -0.25) is 4.79 Å². The van der Waals surface area contributed by atoms with E-state index in [0.717, 1.165) is 11.8 Å². The number of hydrogen-bond acceptors (Lipinski definition) is 1. The van der Waals surface area contributed by atoms with E-state index in [4.69, 9.17) is 0 Å². The van der Waals surface area contributed by atoms with E-state index < -0.39 is 0 Å². The molecule has 0 aliphatic carbocycles. The second kappa shape index (κ2) is 3.71. The monoisotopic (exact) mass is 256 g/mol. The van der Waals surface area contributed by atoms with Crippen molar-refractivity contribution >= 4 is 36.6 Å². The van der Waals surface area contributed by atoms with Crippen LogP contribution in [0.1, 0.15) is 20.3 Å². The van der Waals surface area contributed by atoms with Crippen molar-refractivity contribution in [2.24, 2.45) is 5.41 Å². The minimum absolute atomic E-state index is 0.0781. The fourth-order valence-electron chi connectivity index (χ4n) is 0.286. The Balaban J connectivity index is 4.09. The molecule has 0 amide bonds. The highest BCUT2D eigenvalue weighted by atomic mass is 79.9. The van der Waals surface area contributed by atoms with Crippen LogP contribution in [0.15, 0.2) is 0 Å². The van der Waals surface area contributed by atoms with Crippen molar-refractivity contribution in [3.05, 3.63) is 0 Å². The minimum atomic E-state index is -0.222. The Kier molecular flexibility index (Phi) is 3.97. The van der Waals surface area contributed by atoms with Crippen LogP contribution in [0.5, 0.6) is 0 Å². The quantitative estimate of drug-likeness (QED) is 0.561. The molecule has 9 heavy (non-hydrogen) atoms. The van der Waals surface area contributed by atoms with E-state index in [-0.39, 0.29) is 10.1 Å². The van der Waals surface area contributed by atoms with E-state index >= 15 is 0 Å². The van der Waals surface area contributed by atoms with Crippen molar-refractivity contribution in [1.29, 1.82) is 0 Å². The van der Waals surface area contributed by atoms with Gasteiger partial charge in [-0.2, -0.15) is 0 Å². The highest BCUT2D eigenvalue weighted by molar-refractivity contribution is 9.18. The summed E-state index contributed by atoms with van der Waals surface area (Å²) in [5.41, 5.74) is -0.222. The molecule has 0 aliphatic heterocycles. The Morgan fingerprint density at radius 3 is 2.11 bits per heavy atom. The van der Waals surface area contributed by atoms with Gasteiger partial charge in [-0.25, -0.2) is 0 Å². The van der Waals surface area contributed by atoms with Gasteiger partial charge >= 0.3 is 0 Å². The predicted octanol–water partition coefficient (Wildman–Crippen LogP) is 2.72. The van der Waals surface area contributed by atoms with E-state index in [1.807, 2.05) is 13.8 Å². The number of rotatable bonds is 3. The molecule has 0 aromatic carbocycles. The molecule has 0 rings (SSSR count). The number of hydrogen-bond donors (Lipinski definition) is 0. The molecule has 0 aliphatic rings. The van der Waals surface area contributed by atoms with Crippen LogP contribution in [0.3, 0.4) is 0 Å². The van der Waals surface area contributed by atoms with Gasteiger partial charge in [-0.05, 0) is 22.4 Å². The van der Waals surface area contributed by atoms with Crippen LogP contribution in [-0.2, 0) is 4.79 Å². The molecule has 0 saturated carbocycles. The number of alkyl halides is 1. The fraction of sp³-hybridized carbons (Fsp3) is 0.833. The Morgan fingerprint density at radius 2 is 2.11 bits per heavy atom. The predicted molar refractivity (Wildman–Crippen MR) is 46.1 cm³/mol. The number of carbonyl (C=O) groups is 1. The molecule has 0 radical (unpaired) electrons. The summed E-state index contributed by atoms with van der Waals surface area (Å²) in [5, 5.41) is 0.723. The lowest BCUT2D eigenvalue weighted by atomic mass is 9.93. The topological polar surface area (TPSA) is 17.1 Å². The first kappa shape index (κ1) is 9.63. The Labute approximate surface area is 72.5 Å². The van der Waals surface area contributed by atoms with E-state index in [2.05, 4.69) is 31.9 Å². The zero-order valence-corrected chi connectivity index (χ0v) is 8.75. The lowest BCUT2D eigenvalue weighted by Crippen LogP contribution is -2.23. The van der Waals surface area contributed by atoms with Crippen molar-refractivity contribution in [2.45, 2.75) is 20.3 Å². The first-order valence-electron chi connectivity index (χ1n) is 2.82. The molecule has 0 bridgehead atoms. The Bertz CT molecular complexity index is 108. The molecule has 0 fully saturated rings. The molecular weight excluding hydrogens is 248 g/mol. The van der Waals surface area contributed by atoms with Gasteiger partial charge < -0.3 is 0 Å². The number of carbonyl (C=O) groups excluding carboxylic acids is 1. The molecular formula is C6H10Br2O. The van der Waals surface area contributed by atoms with Gasteiger partial charge in [0.25, 0.3) is 0 Å². The summed E-state index contributed by atoms with van der Waals surface area (Å²) in [6, 6.07) is 0. The average Bonchev–Trinajstić information content (AvgIpc) is 1.86. The summed E-state index contributed by atoms with van der Waals surface area (Å²) in [5.74, 6) is 0. The van der Waals surface area contributed by atoms with E-state index in [0.29, 0.717) is 0 Å². The second-order valence-electron chi connectivity index (χ2n) is 2.32. The summed E-state index contributed by atoms with van der Waals surface area (Å²) in [6.45, 7) is 3.93. The Morgan fingerprint density at radius 1 is 1.67 bits per heavy atom. The molecule has 3 heteroatoms. The third-order valence-electron chi connectivity index (χ3n) is 1.55. The van der Waals surface area contributed by atoms with Gasteiger partial charge in [0.15, 0.2) is 0 Å². The Hall–Kier alpha value is 0.630. The van der Waals surface area contributed by atoms with Crippen molar-refractivity contribution < 1.29 is 4.79 Å². The average molecular weight is 258 g/mol. The normalized spacial score (nSPS) is 16.9. The van der Waals surface area contributed by atoms with Crippen molar-refractivity contribution in [3.8, 4) is 0 Å². The summed E-state index contributed by atoms with van der Waals surface area (Å²) >= 11 is 6.23. The largest absolute Gasteiger partial charge is 0.286 e. The van der Waals surface area contributed by atoms with E-state index in [1.165, 1.54) is 0 Å². The van der Waals surface area contributed by atoms with Crippen LogP contribution in [0.25, 0.3) is 0 Å². The zero-order chi connectivity index (χ0) is 7.49. The molecule has 0 aromatic rings. The standard InChI is InChI=1S/C6H10Br2O/c1-3-6(2,4-7)5(8)9/h3-4H2,1-2H3. The van der Waals surface area contributed by atoms with E-state index in [1.54, 1.807) is 0 Å². The molecule has 1 atom stereocenters. The molecule has 0 N–H and O–H groups in total. The first-order valence-corrected chi connectivity index (χ1v) is 4.74. The summed E-state index contributed by atoms with van der Waals surface area (Å²) in [7, 11) is 0. The lowest BCUT2D eigenvalue weighted by Gasteiger charge is -2.19. The molecule has 0 saturated heterocycles. The highest BCUT2D eigenvalue weighted by Crippen LogP contribution is 2.27. The van der Waals surface area contributed by atoms with Crippen LogP contribution in [0.4, 0.5) is 0 Å². The smallest absolute Gasteiger partial charge is 0.204 e. The third-order valence-corrected chi connectivity index (χ3v) is 3.74. The highest BCUT2D eigenvalue weighted by Gasteiger charge is 2.27. The van der Waals surface area contributed by atoms with Gasteiger partial charge in [0.1, 0.15) is 0 Å². The minimum Gasteiger partial charge on any atom is -0.286 e. The van der Waals surface area contributed by atoms with Crippen LogP contribution in [0.2, 0.25) is 0 Å². The van der Waals surface area contributed by atoms with Crippen LogP contribution < -0.4 is 0 Å². The SMILES string of the molecule is CCC(C)(CBr)C(=O)Br. The van der Waals surface area contributed by atoms with Crippen molar-refractivity contribution in [1.82, 2.24) is 0 Å². The third kappa shape index (κ3) is 2.38. The zero-order valence-electron chi connectivity index (χ0n) is 5.58.